The summed E-state index contributed by atoms with van der Waals surface area (Å²) in [6.45, 7) is 3.82. The Hall–Kier alpha value is -3.54. The van der Waals surface area contributed by atoms with Gasteiger partial charge in [0.25, 0.3) is 0 Å². The fourth-order valence-electron chi connectivity index (χ4n) is 3.71. The third-order valence-corrected chi connectivity index (χ3v) is 5.57. The van der Waals surface area contributed by atoms with Crippen LogP contribution >= 0.6 is 0 Å². The highest BCUT2D eigenvalue weighted by Gasteiger charge is 2.16. The van der Waals surface area contributed by atoms with E-state index in [9.17, 15) is 19.8 Å². The second kappa shape index (κ2) is 10.2. The highest BCUT2D eigenvalue weighted by molar-refractivity contribution is 5.98. The monoisotopic (exact) mass is 436 g/mol. The largest absolute Gasteiger partial charge is 0.504 e. The Morgan fingerprint density at radius 3 is 2.34 bits per heavy atom. The molecule has 168 valence electrons. The molecule has 0 aliphatic carbocycles. The Labute approximate surface area is 187 Å². The number of rotatable bonds is 10. The van der Waals surface area contributed by atoms with Crippen molar-refractivity contribution in [1.29, 1.82) is 0 Å². The molecular formula is C26H28O6. The summed E-state index contributed by atoms with van der Waals surface area (Å²) in [5.41, 5.74) is 2.11. The maximum absolute atomic E-state index is 12.5. The van der Waals surface area contributed by atoms with Crippen LogP contribution in [-0.4, -0.2) is 33.7 Å². The van der Waals surface area contributed by atoms with Crippen LogP contribution in [0.25, 0.3) is 10.8 Å². The zero-order valence-electron chi connectivity index (χ0n) is 18.4. The normalized spacial score (nSPS) is 10.9. The lowest BCUT2D eigenvalue weighted by Crippen LogP contribution is -2.04. The van der Waals surface area contributed by atoms with Gasteiger partial charge in [0, 0.05) is 17.5 Å². The number of aromatic hydroxyl groups is 2. The van der Waals surface area contributed by atoms with E-state index in [2.05, 4.69) is 0 Å². The number of hydrogen-bond donors (Lipinski definition) is 3. The minimum absolute atomic E-state index is 0.00375. The van der Waals surface area contributed by atoms with Crippen molar-refractivity contribution in [3.8, 4) is 17.2 Å². The molecule has 6 heteroatoms. The summed E-state index contributed by atoms with van der Waals surface area (Å²) in [6, 6.07) is 12.9. The van der Waals surface area contributed by atoms with Crippen LogP contribution in [0.1, 0.15) is 52.7 Å². The highest BCUT2D eigenvalue weighted by Crippen LogP contribution is 2.35. The summed E-state index contributed by atoms with van der Waals surface area (Å²) >= 11 is 0. The number of unbranched alkanes of at least 4 members (excludes halogenated alkanes) is 2. The van der Waals surface area contributed by atoms with E-state index < -0.39 is 5.97 Å². The number of carboxylic acid groups (broad SMARTS) is 1. The molecule has 0 spiro atoms. The Morgan fingerprint density at radius 1 is 0.875 bits per heavy atom. The number of carboxylic acids is 1. The number of aryl methyl sites for hydroxylation is 1. The number of carbonyl (C=O) groups excluding carboxylic acids is 1. The van der Waals surface area contributed by atoms with E-state index in [0.717, 1.165) is 34.9 Å². The first-order chi connectivity index (χ1) is 15.3. The summed E-state index contributed by atoms with van der Waals surface area (Å²) in [5.74, 6) is -0.540. The number of fused-ring (bicyclic) bond motifs is 1. The van der Waals surface area contributed by atoms with Crippen molar-refractivity contribution in [2.24, 2.45) is 0 Å². The van der Waals surface area contributed by atoms with Crippen LogP contribution < -0.4 is 4.74 Å². The van der Waals surface area contributed by atoms with Gasteiger partial charge >= 0.3 is 5.97 Å². The summed E-state index contributed by atoms with van der Waals surface area (Å²) < 4.78 is 5.82. The van der Waals surface area contributed by atoms with Crippen molar-refractivity contribution in [3.05, 3.63) is 64.7 Å². The Bertz CT molecular complexity index is 1150. The molecule has 0 atom stereocenters. The predicted molar refractivity (Wildman–Crippen MR) is 123 cm³/mol. The van der Waals surface area contributed by atoms with Crippen LogP contribution in [0.3, 0.4) is 0 Å². The van der Waals surface area contributed by atoms with Gasteiger partial charge in [0.15, 0.2) is 17.3 Å². The van der Waals surface area contributed by atoms with Crippen molar-refractivity contribution in [3.63, 3.8) is 0 Å². The number of ketones is 1. The fraction of sp³-hybridized carbons (Fsp3) is 0.308. The molecule has 3 N–H and O–H groups in total. The minimum atomic E-state index is -0.850. The van der Waals surface area contributed by atoms with Crippen LogP contribution in [0.2, 0.25) is 0 Å². The fourth-order valence-corrected chi connectivity index (χ4v) is 3.71. The zero-order chi connectivity index (χ0) is 23.3. The van der Waals surface area contributed by atoms with Crippen molar-refractivity contribution in [1.82, 2.24) is 0 Å². The molecule has 0 aliphatic rings. The molecule has 3 rings (SSSR count). The lowest BCUT2D eigenvalue weighted by molar-refractivity contribution is -0.136. The maximum Gasteiger partial charge on any atom is 0.307 e. The van der Waals surface area contributed by atoms with Gasteiger partial charge in [-0.05, 0) is 73.2 Å². The third kappa shape index (κ3) is 5.58. The molecule has 3 aromatic rings. The molecular weight excluding hydrogens is 408 g/mol. The number of ether oxygens (including phenoxy) is 1. The van der Waals surface area contributed by atoms with Crippen LogP contribution in [0.5, 0.6) is 17.2 Å². The standard InChI is InChI=1S/C26H28O6/c1-16-12-22(17(2)26(31)25(16)30)23(27)6-4-3-5-11-32-21-10-9-19-13-18(14-24(28)29)7-8-20(19)15-21/h7-10,12-13,15,30-31H,3-6,11,14H2,1-2H3,(H,28,29). The van der Waals surface area contributed by atoms with Crippen molar-refractivity contribution in [2.45, 2.75) is 46.0 Å². The predicted octanol–water partition coefficient (Wildman–Crippen LogP) is 5.32. The zero-order valence-corrected chi connectivity index (χ0v) is 18.4. The molecule has 0 saturated heterocycles. The quantitative estimate of drug-likeness (QED) is 0.226. The van der Waals surface area contributed by atoms with Gasteiger partial charge in [-0.25, -0.2) is 0 Å². The average Bonchev–Trinajstić information content (AvgIpc) is 2.76. The molecule has 6 nitrogen and oxygen atoms in total. The van der Waals surface area contributed by atoms with Crippen molar-refractivity contribution >= 4 is 22.5 Å². The number of Topliss-reactive ketones (excluding diaryl/α,β-unsaturated/α-hetero) is 1. The number of phenolic OH excluding ortho intramolecular Hbond substituents is 2. The molecule has 0 saturated carbocycles. The first kappa shape index (κ1) is 23.1. The third-order valence-electron chi connectivity index (χ3n) is 5.57. The van der Waals surface area contributed by atoms with Gasteiger partial charge in [-0.15, -0.1) is 0 Å². The van der Waals surface area contributed by atoms with Crippen molar-refractivity contribution in [2.75, 3.05) is 6.61 Å². The molecule has 0 aliphatic heterocycles. The first-order valence-electron chi connectivity index (χ1n) is 10.7. The van der Waals surface area contributed by atoms with E-state index >= 15 is 0 Å². The van der Waals surface area contributed by atoms with Gasteiger partial charge in [0.2, 0.25) is 0 Å². The van der Waals surface area contributed by atoms with Crippen LogP contribution in [0, 0.1) is 13.8 Å². The topological polar surface area (TPSA) is 104 Å². The molecule has 0 heterocycles. The van der Waals surface area contributed by atoms with Crippen LogP contribution in [0.4, 0.5) is 0 Å². The molecule has 0 aromatic heterocycles. The number of aliphatic carboxylic acids is 1. The van der Waals surface area contributed by atoms with Crippen LogP contribution in [-0.2, 0) is 11.2 Å². The highest BCUT2D eigenvalue weighted by atomic mass is 16.5. The van der Waals surface area contributed by atoms with E-state index in [0.29, 0.717) is 36.1 Å². The first-order valence-corrected chi connectivity index (χ1v) is 10.7. The number of carbonyl (C=O) groups is 2. The summed E-state index contributed by atoms with van der Waals surface area (Å²) in [6.07, 6.45) is 2.73. The molecule has 0 fully saturated rings. The van der Waals surface area contributed by atoms with Crippen LogP contribution in [0.15, 0.2) is 42.5 Å². The van der Waals surface area contributed by atoms with Gasteiger partial charge in [-0.3, -0.25) is 9.59 Å². The molecule has 0 radical (unpaired) electrons. The second-order valence-corrected chi connectivity index (χ2v) is 8.06. The molecule has 0 amide bonds. The number of phenols is 2. The van der Waals surface area contributed by atoms with Gasteiger partial charge in [0.05, 0.1) is 13.0 Å². The molecule has 3 aromatic carbocycles. The average molecular weight is 437 g/mol. The van der Waals surface area contributed by atoms with Gasteiger partial charge < -0.3 is 20.1 Å². The van der Waals surface area contributed by atoms with E-state index in [4.69, 9.17) is 9.84 Å². The summed E-state index contributed by atoms with van der Waals surface area (Å²) in [7, 11) is 0. The van der Waals surface area contributed by atoms with E-state index in [-0.39, 0.29) is 23.7 Å². The second-order valence-electron chi connectivity index (χ2n) is 8.06. The molecule has 0 bridgehead atoms. The van der Waals surface area contributed by atoms with E-state index in [1.165, 1.54) is 0 Å². The van der Waals surface area contributed by atoms with Crippen molar-refractivity contribution < 1.29 is 29.6 Å². The minimum Gasteiger partial charge on any atom is -0.504 e. The summed E-state index contributed by atoms with van der Waals surface area (Å²) in [4.78, 5) is 23.3. The summed E-state index contributed by atoms with van der Waals surface area (Å²) in [5, 5.41) is 30.6. The maximum atomic E-state index is 12.5. The SMILES string of the molecule is Cc1cc(C(=O)CCCCCOc2ccc3cc(CC(=O)O)ccc3c2)c(C)c(O)c1O. The van der Waals surface area contributed by atoms with Gasteiger partial charge in [-0.2, -0.15) is 0 Å². The number of hydrogen-bond acceptors (Lipinski definition) is 5. The molecule has 32 heavy (non-hydrogen) atoms. The Kier molecular flexibility index (Phi) is 7.36. The molecule has 0 unspecified atom stereocenters. The lowest BCUT2D eigenvalue weighted by atomic mass is 9.97. The Balaban J connectivity index is 1.45. The lowest BCUT2D eigenvalue weighted by Gasteiger charge is -2.11. The van der Waals surface area contributed by atoms with Gasteiger partial charge in [0.1, 0.15) is 5.75 Å². The van der Waals surface area contributed by atoms with Gasteiger partial charge in [-0.1, -0.05) is 24.3 Å². The van der Waals surface area contributed by atoms with E-state index in [1.54, 1.807) is 19.9 Å². The Morgan fingerprint density at radius 2 is 1.59 bits per heavy atom. The number of benzene rings is 3. The smallest absolute Gasteiger partial charge is 0.307 e. The van der Waals surface area contributed by atoms with E-state index in [1.807, 2.05) is 36.4 Å².